The molecule has 0 saturated carbocycles. The number of carbonyl (C=O) groups excluding carboxylic acids is 3. The van der Waals surface area contributed by atoms with E-state index in [1.807, 2.05) is 0 Å². The molecule has 1 aliphatic rings. The lowest BCUT2D eigenvalue weighted by molar-refractivity contribution is -0.144. The van der Waals surface area contributed by atoms with Gasteiger partial charge in [0.25, 0.3) is 5.91 Å². The lowest BCUT2D eigenvalue weighted by Crippen LogP contribution is -2.57. The number of hydrogen-bond acceptors (Lipinski definition) is 9. The highest BCUT2D eigenvalue weighted by atomic mass is 32.2. The zero-order chi connectivity index (χ0) is 38.9. The molecule has 13 nitrogen and oxygen atoms in total. The van der Waals surface area contributed by atoms with Crippen molar-refractivity contribution in [3.63, 3.8) is 0 Å². The van der Waals surface area contributed by atoms with Crippen molar-refractivity contribution >= 4 is 51.2 Å². The van der Waals surface area contributed by atoms with E-state index in [0.717, 1.165) is 11.8 Å². The number of rotatable bonds is 15. The number of carboxylic acid groups (broad SMARTS) is 1. The fourth-order valence-electron chi connectivity index (χ4n) is 5.23. The van der Waals surface area contributed by atoms with E-state index in [2.05, 4.69) is 27.2 Å². The molecule has 0 aliphatic carbocycles. The molecule has 1 aliphatic heterocycles. The second-order valence-corrected chi connectivity index (χ2v) is 16.3. The van der Waals surface area contributed by atoms with Crippen LogP contribution in [0.2, 0.25) is 0 Å². The van der Waals surface area contributed by atoms with Crippen LogP contribution in [0, 0.1) is 23.1 Å². The molecule has 0 radical (unpaired) electrons. The summed E-state index contributed by atoms with van der Waals surface area (Å²) in [7, 11) is -3.37. The number of nitrogens with zero attached hydrogens (tertiary/aromatic N) is 1. The molecule has 4 atom stereocenters. The second kappa shape index (κ2) is 17.7. The molecule has 0 unspecified atom stereocenters. The number of aliphatic hydroxyl groups excluding tert-OH is 1. The average molecular weight is 769 g/mol. The number of carboxylic acids is 1. The molecule has 4 rings (SSSR count). The molecule has 0 aromatic heterocycles. The number of nitrogens with one attached hydrogen (secondary N) is 3. The Morgan fingerprint density at radius 1 is 1.00 bits per heavy atom. The largest absolute Gasteiger partial charge is 0.484 e. The Bertz CT molecular complexity index is 1960. The Balaban J connectivity index is 1.42. The van der Waals surface area contributed by atoms with Crippen LogP contribution >= 0.6 is 11.8 Å². The first-order valence-corrected chi connectivity index (χ1v) is 19.3. The van der Waals surface area contributed by atoms with Crippen molar-refractivity contribution < 1.29 is 46.9 Å². The van der Waals surface area contributed by atoms with E-state index in [1.54, 1.807) is 74.2 Å². The van der Waals surface area contributed by atoms with Gasteiger partial charge in [0.15, 0.2) is 6.61 Å². The summed E-state index contributed by atoms with van der Waals surface area (Å²) in [6, 6.07) is 17.6. The number of aliphatic hydroxyl groups is 1. The number of carbonyl (C=O) groups is 4. The standard InChI is InChI=1S/C37H41FN4O9S2/c1-37(2,3)34(36(47)48)41-30(44)20-39-31(45)21-51-28-17-11-25(12-18-28)32-33(52-22-29(43)24-9-13-26(38)14-10-24)35(46)42(32)27-15-7-23(8-16-27)6-5-19-40-53(4,49)50/h7-18,29,32-34,40,43H,19-22H2,1-4H3,(H,39,45)(H,41,44)(H,47,48)/t29-,32+,33+,34-/m0/s1. The van der Waals surface area contributed by atoms with Crippen molar-refractivity contribution in [2.24, 2.45) is 5.41 Å². The highest BCUT2D eigenvalue weighted by molar-refractivity contribution is 8.00. The highest BCUT2D eigenvalue weighted by Crippen LogP contribution is 2.46. The van der Waals surface area contributed by atoms with Gasteiger partial charge in [0.05, 0.1) is 31.5 Å². The minimum atomic E-state index is -3.37. The van der Waals surface area contributed by atoms with Gasteiger partial charge in [-0.25, -0.2) is 22.3 Å². The molecule has 1 saturated heterocycles. The molecule has 53 heavy (non-hydrogen) atoms. The summed E-state index contributed by atoms with van der Waals surface area (Å²) in [4.78, 5) is 51.3. The molecule has 5 N–H and O–H groups in total. The number of β-lactam (4-membered cyclic amide) rings is 1. The van der Waals surface area contributed by atoms with Crippen molar-refractivity contribution in [1.82, 2.24) is 15.4 Å². The number of aliphatic carboxylic acids is 1. The average Bonchev–Trinajstić information content (AvgIpc) is 3.09. The third-order valence-electron chi connectivity index (χ3n) is 7.99. The molecule has 0 spiro atoms. The quantitative estimate of drug-likeness (QED) is 0.114. The summed E-state index contributed by atoms with van der Waals surface area (Å²) in [6.07, 6.45) is 0.0995. The topological polar surface area (TPSA) is 191 Å². The van der Waals surface area contributed by atoms with Crippen LogP contribution < -0.4 is 25.0 Å². The third kappa shape index (κ3) is 11.8. The van der Waals surface area contributed by atoms with Crippen molar-refractivity contribution in [1.29, 1.82) is 0 Å². The Hall–Kier alpha value is -4.95. The molecular formula is C37H41FN4O9S2. The Kier molecular flexibility index (Phi) is 13.6. The van der Waals surface area contributed by atoms with Gasteiger partial charge in [0, 0.05) is 17.0 Å². The van der Waals surface area contributed by atoms with Crippen LogP contribution in [-0.4, -0.2) is 85.3 Å². The SMILES string of the molecule is CC(C)(C)[C@@H](NC(=O)CNC(=O)COc1ccc([C@@H]2[C@@H](SC[C@H](O)c3ccc(F)cc3)C(=O)N2c2ccc(C#CCNS(C)(=O)=O)cc2)cc1)C(=O)O. The van der Waals surface area contributed by atoms with Crippen molar-refractivity contribution in [2.45, 2.75) is 44.2 Å². The number of hydrogen-bond donors (Lipinski definition) is 5. The fraction of sp³-hybridized carbons (Fsp3) is 0.351. The van der Waals surface area contributed by atoms with Gasteiger partial charge in [0.1, 0.15) is 22.9 Å². The fourth-order valence-corrected chi connectivity index (χ4v) is 6.87. The smallest absolute Gasteiger partial charge is 0.326 e. The maximum atomic E-state index is 13.6. The predicted octanol–water partition coefficient (Wildman–Crippen LogP) is 2.76. The molecule has 3 aromatic carbocycles. The van der Waals surface area contributed by atoms with E-state index in [-0.39, 0.29) is 18.2 Å². The second-order valence-electron chi connectivity index (χ2n) is 13.3. The van der Waals surface area contributed by atoms with Gasteiger partial charge in [-0.05, 0) is 65.1 Å². The molecular weight excluding hydrogens is 728 g/mol. The summed E-state index contributed by atoms with van der Waals surface area (Å²) in [5, 5.41) is 24.4. The summed E-state index contributed by atoms with van der Waals surface area (Å²) in [6.45, 7) is 4.11. The van der Waals surface area contributed by atoms with Crippen LogP contribution in [0.5, 0.6) is 5.75 Å². The molecule has 1 heterocycles. The third-order valence-corrected chi connectivity index (χ3v) is 9.99. The molecule has 16 heteroatoms. The number of thioether (sulfide) groups is 1. The lowest BCUT2D eigenvalue weighted by atomic mass is 9.87. The van der Waals surface area contributed by atoms with E-state index in [4.69, 9.17) is 4.74 Å². The number of benzene rings is 3. The zero-order valence-corrected chi connectivity index (χ0v) is 31.1. The van der Waals surface area contributed by atoms with Gasteiger partial charge in [-0.3, -0.25) is 14.4 Å². The van der Waals surface area contributed by atoms with Gasteiger partial charge in [-0.15, -0.1) is 11.8 Å². The van der Waals surface area contributed by atoms with E-state index >= 15 is 0 Å². The summed E-state index contributed by atoms with van der Waals surface area (Å²) in [5.74, 6) is 3.05. The zero-order valence-electron chi connectivity index (χ0n) is 29.5. The number of ether oxygens (including phenoxy) is 1. The maximum Gasteiger partial charge on any atom is 0.326 e. The van der Waals surface area contributed by atoms with Crippen LogP contribution in [0.25, 0.3) is 0 Å². The minimum Gasteiger partial charge on any atom is -0.484 e. The number of anilines is 1. The van der Waals surface area contributed by atoms with Gasteiger partial charge in [-0.1, -0.05) is 56.9 Å². The normalized spacial score (nSPS) is 16.7. The van der Waals surface area contributed by atoms with E-state index in [1.165, 1.54) is 36.0 Å². The van der Waals surface area contributed by atoms with Crippen LogP contribution in [0.4, 0.5) is 10.1 Å². The first-order valence-electron chi connectivity index (χ1n) is 16.4. The van der Waals surface area contributed by atoms with E-state index in [9.17, 15) is 42.2 Å². The number of amides is 3. The lowest BCUT2D eigenvalue weighted by Gasteiger charge is -2.47. The summed E-state index contributed by atoms with van der Waals surface area (Å²) < 4.78 is 43.8. The number of halogens is 1. The Labute approximate surface area is 311 Å². The molecule has 0 bridgehead atoms. The van der Waals surface area contributed by atoms with Crippen molar-refractivity contribution in [2.75, 3.05) is 36.6 Å². The predicted molar refractivity (Wildman–Crippen MR) is 198 cm³/mol. The monoisotopic (exact) mass is 768 g/mol. The Morgan fingerprint density at radius 3 is 2.23 bits per heavy atom. The summed E-state index contributed by atoms with van der Waals surface area (Å²) in [5.41, 5.74) is 1.73. The molecule has 1 fully saturated rings. The van der Waals surface area contributed by atoms with Gasteiger partial charge < -0.3 is 30.5 Å². The van der Waals surface area contributed by atoms with Crippen LogP contribution in [0.15, 0.2) is 72.8 Å². The first-order chi connectivity index (χ1) is 24.9. The van der Waals surface area contributed by atoms with Crippen LogP contribution in [0.3, 0.4) is 0 Å². The molecule has 3 aromatic rings. The Morgan fingerprint density at radius 2 is 1.64 bits per heavy atom. The molecule has 282 valence electrons. The van der Waals surface area contributed by atoms with E-state index in [0.29, 0.717) is 22.6 Å². The van der Waals surface area contributed by atoms with Gasteiger partial charge in [-0.2, -0.15) is 0 Å². The maximum absolute atomic E-state index is 13.6. The van der Waals surface area contributed by atoms with Crippen LogP contribution in [-0.2, 0) is 29.2 Å². The van der Waals surface area contributed by atoms with E-state index < -0.39 is 75.6 Å². The summed E-state index contributed by atoms with van der Waals surface area (Å²) >= 11 is 1.27. The van der Waals surface area contributed by atoms with Crippen molar-refractivity contribution in [3.8, 4) is 17.6 Å². The molecule has 3 amide bonds. The van der Waals surface area contributed by atoms with Gasteiger partial charge >= 0.3 is 5.97 Å². The van der Waals surface area contributed by atoms with Gasteiger partial charge in [0.2, 0.25) is 21.8 Å². The van der Waals surface area contributed by atoms with Crippen LogP contribution in [0.1, 0.15) is 49.6 Å². The minimum absolute atomic E-state index is 0.0515. The first kappa shape index (κ1) is 40.8. The highest BCUT2D eigenvalue weighted by Gasteiger charge is 2.49. The number of sulfonamides is 1. The van der Waals surface area contributed by atoms with Crippen molar-refractivity contribution in [3.05, 3.63) is 95.3 Å².